The summed E-state index contributed by atoms with van der Waals surface area (Å²) in [6, 6.07) is 11.9. The van der Waals surface area contributed by atoms with Crippen molar-refractivity contribution in [3.8, 4) is 17.2 Å². The minimum Gasteiger partial charge on any atom is -0.486 e. The van der Waals surface area contributed by atoms with Gasteiger partial charge in [0.05, 0.1) is 15.9 Å². The molecule has 3 aromatic rings. The molecule has 1 aliphatic heterocycles. The molecule has 1 amide bonds. The van der Waals surface area contributed by atoms with Crippen molar-refractivity contribution in [3.05, 3.63) is 74.5 Å². The number of amides is 1. The van der Waals surface area contributed by atoms with E-state index in [9.17, 15) is 19.7 Å². The Labute approximate surface area is 174 Å². The summed E-state index contributed by atoms with van der Waals surface area (Å²) in [5, 5.41) is 15.9. The van der Waals surface area contributed by atoms with Crippen LogP contribution in [0, 0.1) is 10.1 Å². The van der Waals surface area contributed by atoms with E-state index in [1.807, 2.05) is 0 Å². The fourth-order valence-corrected chi connectivity index (χ4v) is 3.38. The van der Waals surface area contributed by atoms with Gasteiger partial charge in [0.15, 0.2) is 11.5 Å². The number of nitro groups is 1. The van der Waals surface area contributed by atoms with Crippen molar-refractivity contribution in [2.24, 2.45) is 0 Å². The summed E-state index contributed by atoms with van der Waals surface area (Å²) < 4.78 is 16.0. The maximum atomic E-state index is 12.6. The molecular weight excluding hydrogens is 412 g/mol. The third-order valence-electron chi connectivity index (χ3n) is 4.14. The maximum absolute atomic E-state index is 12.6. The molecule has 2 heterocycles. The molecule has 10 heteroatoms. The molecule has 0 radical (unpaired) electrons. The third-order valence-corrected chi connectivity index (χ3v) is 5.01. The molecule has 1 aromatic heterocycles. The van der Waals surface area contributed by atoms with Gasteiger partial charge in [-0.05, 0) is 35.7 Å². The molecule has 2 aromatic carbocycles. The minimum absolute atomic E-state index is 0.165. The van der Waals surface area contributed by atoms with Crippen molar-refractivity contribution in [2.45, 2.75) is 0 Å². The van der Waals surface area contributed by atoms with Crippen LogP contribution in [0.3, 0.4) is 0 Å². The van der Waals surface area contributed by atoms with Gasteiger partial charge in [-0.15, -0.1) is 11.3 Å². The lowest BCUT2D eigenvalue weighted by molar-refractivity contribution is -0.385. The van der Waals surface area contributed by atoms with Crippen molar-refractivity contribution >= 4 is 34.6 Å². The second-order valence-electron chi connectivity index (χ2n) is 6.12. The fourth-order valence-electron chi connectivity index (χ4n) is 2.76. The number of anilines is 1. The number of hydrogen-bond acceptors (Lipinski definition) is 8. The molecule has 30 heavy (non-hydrogen) atoms. The number of thiophene rings is 1. The van der Waals surface area contributed by atoms with E-state index in [1.54, 1.807) is 29.6 Å². The normalized spacial score (nSPS) is 12.1. The van der Waals surface area contributed by atoms with E-state index in [0.717, 1.165) is 6.07 Å². The first-order valence-electron chi connectivity index (χ1n) is 8.76. The average Bonchev–Trinajstić information content (AvgIpc) is 3.29. The largest absolute Gasteiger partial charge is 0.486 e. The standard InChI is InChI=1S/C20H14N2O7S/c23-19(18-2-1-9-30-18)21-12-3-5-13(6-4-12)29-20(24)14-10-16-17(28-8-7-27-16)11-15(14)22(25)26/h1-6,9-11H,7-8H2,(H,21,23). The van der Waals surface area contributed by atoms with Crippen molar-refractivity contribution in [3.63, 3.8) is 0 Å². The number of nitrogens with one attached hydrogen (secondary N) is 1. The van der Waals surface area contributed by atoms with Crippen LogP contribution in [-0.4, -0.2) is 30.0 Å². The van der Waals surface area contributed by atoms with Gasteiger partial charge in [-0.1, -0.05) is 6.07 Å². The van der Waals surface area contributed by atoms with Gasteiger partial charge in [-0.25, -0.2) is 4.79 Å². The summed E-state index contributed by atoms with van der Waals surface area (Å²) in [4.78, 5) is 35.9. The highest BCUT2D eigenvalue weighted by atomic mass is 32.1. The lowest BCUT2D eigenvalue weighted by Crippen LogP contribution is -2.18. The topological polar surface area (TPSA) is 117 Å². The lowest BCUT2D eigenvalue weighted by Gasteiger charge is -2.18. The fraction of sp³-hybridized carbons (Fsp3) is 0.100. The van der Waals surface area contributed by atoms with Crippen LogP contribution in [0.5, 0.6) is 17.2 Å². The molecule has 0 spiro atoms. The number of carbonyl (C=O) groups is 2. The van der Waals surface area contributed by atoms with Gasteiger partial charge in [0.2, 0.25) is 0 Å². The number of fused-ring (bicyclic) bond motifs is 1. The van der Waals surface area contributed by atoms with E-state index >= 15 is 0 Å². The Morgan fingerprint density at radius 2 is 1.77 bits per heavy atom. The maximum Gasteiger partial charge on any atom is 0.350 e. The Balaban J connectivity index is 1.50. The van der Waals surface area contributed by atoms with Crippen LogP contribution in [0.15, 0.2) is 53.9 Å². The average molecular weight is 426 g/mol. The first kappa shape index (κ1) is 19.4. The molecule has 0 fully saturated rings. The molecule has 0 bridgehead atoms. The zero-order chi connectivity index (χ0) is 21.1. The van der Waals surface area contributed by atoms with E-state index in [0.29, 0.717) is 10.6 Å². The summed E-state index contributed by atoms with van der Waals surface area (Å²) >= 11 is 1.32. The number of nitrogens with zero attached hydrogens (tertiary/aromatic N) is 1. The molecule has 0 unspecified atom stereocenters. The molecule has 0 saturated heterocycles. The Kier molecular flexibility index (Phi) is 5.31. The number of hydrogen-bond donors (Lipinski definition) is 1. The number of carbonyl (C=O) groups excluding carboxylic acids is 2. The molecule has 0 saturated carbocycles. The molecule has 0 aliphatic carbocycles. The Morgan fingerprint density at radius 1 is 1.07 bits per heavy atom. The molecule has 1 N–H and O–H groups in total. The lowest BCUT2D eigenvalue weighted by atomic mass is 10.1. The number of ether oxygens (including phenoxy) is 3. The minimum atomic E-state index is -0.908. The van der Waals surface area contributed by atoms with Gasteiger partial charge >= 0.3 is 5.97 Å². The quantitative estimate of drug-likeness (QED) is 0.285. The molecule has 4 rings (SSSR count). The van der Waals surface area contributed by atoms with Crippen LogP contribution < -0.4 is 19.5 Å². The Bertz CT molecular complexity index is 1110. The van der Waals surface area contributed by atoms with E-state index < -0.39 is 16.6 Å². The highest BCUT2D eigenvalue weighted by Crippen LogP contribution is 2.37. The number of benzene rings is 2. The molecular formula is C20H14N2O7S. The van der Waals surface area contributed by atoms with E-state index in [2.05, 4.69) is 5.32 Å². The Morgan fingerprint density at radius 3 is 2.40 bits per heavy atom. The van der Waals surface area contributed by atoms with Crippen molar-refractivity contribution in [2.75, 3.05) is 18.5 Å². The van der Waals surface area contributed by atoms with E-state index in [-0.39, 0.29) is 41.9 Å². The van der Waals surface area contributed by atoms with E-state index in [4.69, 9.17) is 14.2 Å². The third kappa shape index (κ3) is 4.08. The molecule has 1 aliphatic rings. The van der Waals surface area contributed by atoms with Crippen molar-refractivity contribution in [1.29, 1.82) is 0 Å². The van der Waals surface area contributed by atoms with Crippen LogP contribution in [0.4, 0.5) is 11.4 Å². The van der Waals surface area contributed by atoms with Crippen LogP contribution in [0.1, 0.15) is 20.0 Å². The number of nitro benzene ring substituents is 1. The highest BCUT2D eigenvalue weighted by molar-refractivity contribution is 7.12. The van der Waals surface area contributed by atoms with Crippen molar-refractivity contribution in [1.82, 2.24) is 0 Å². The number of rotatable bonds is 5. The summed E-state index contributed by atoms with van der Waals surface area (Å²) in [7, 11) is 0. The van der Waals surface area contributed by atoms with Crippen LogP contribution >= 0.6 is 11.3 Å². The molecule has 152 valence electrons. The first-order valence-corrected chi connectivity index (χ1v) is 9.64. The number of esters is 1. The van der Waals surface area contributed by atoms with E-state index in [1.165, 1.54) is 29.5 Å². The summed E-state index contributed by atoms with van der Waals surface area (Å²) in [6.45, 7) is 0.543. The monoisotopic (exact) mass is 426 g/mol. The van der Waals surface area contributed by atoms with Gasteiger partial charge < -0.3 is 19.5 Å². The van der Waals surface area contributed by atoms with Crippen LogP contribution in [-0.2, 0) is 0 Å². The molecule has 0 atom stereocenters. The summed E-state index contributed by atoms with van der Waals surface area (Å²) in [5.41, 5.74) is -0.179. The van der Waals surface area contributed by atoms with Crippen molar-refractivity contribution < 1.29 is 28.7 Å². The predicted octanol–water partition coefficient (Wildman–Crippen LogP) is 3.90. The van der Waals surface area contributed by atoms with Crippen LogP contribution in [0.2, 0.25) is 0 Å². The smallest absolute Gasteiger partial charge is 0.350 e. The zero-order valence-electron chi connectivity index (χ0n) is 15.3. The summed E-state index contributed by atoms with van der Waals surface area (Å²) in [6.07, 6.45) is 0. The Hall–Kier alpha value is -3.92. The SMILES string of the molecule is O=C(Nc1ccc(OC(=O)c2cc3c(cc2[N+](=O)[O-])OCCO3)cc1)c1cccs1. The van der Waals surface area contributed by atoms with Gasteiger partial charge in [-0.3, -0.25) is 14.9 Å². The zero-order valence-corrected chi connectivity index (χ0v) is 16.1. The second kappa shape index (κ2) is 8.21. The van der Waals surface area contributed by atoms with Gasteiger partial charge in [-0.2, -0.15) is 0 Å². The first-order chi connectivity index (χ1) is 14.5. The highest BCUT2D eigenvalue weighted by Gasteiger charge is 2.27. The van der Waals surface area contributed by atoms with Gasteiger partial charge in [0.1, 0.15) is 24.5 Å². The van der Waals surface area contributed by atoms with Crippen LogP contribution in [0.25, 0.3) is 0 Å². The molecule has 9 nitrogen and oxygen atoms in total. The van der Waals surface area contributed by atoms with Gasteiger partial charge in [0, 0.05) is 11.8 Å². The second-order valence-corrected chi connectivity index (χ2v) is 7.06. The van der Waals surface area contributed by atoms with Gasteiger partial charge in [0.25, 0.3) is 11.6 Å². The predicted molar refractivity (Wildman–Crippen MR) is 108 cm³/mol. The summed E-state index contributed by atoms with van der Waals surface area (Å²) in [5.74, 6) is -0.547.